The van der Waals surface area contributed by atoms with Crippen molar-refractivity contribution in [3.63, 3.8) is 0 Å². The molecular formula is C13H16BrClFNO2. The molecule has 1 N–H and O–H groups in total. The van der Waals surface area contributed by atoms with E-state index in [1.54, 1.807) is 12.1 Å². The molecule has 0 saturated carbocycles. The van der Waals surface area contributed by atoms with Gasteiger partial charge in [-0.1, -0.05) is 15.9 Å². The summed E-state index contributed by atoms with van der Waals surface area (Å²) in [7, 11) is 0. The Morgan fingerprint density at radius 1 is 1.42 bits per heavy atom. The lowest BCUT2D eigenvalue weighted by Gasteiger charge is -2.30. The molecule has 0 atom stereocenters. The molecule has 1 fully saturated rings. The van der Waals surface area contributed by atoms with Gasteiger partial charge in [0.2, 0.25) is 0 Å². The molecule has 0 aliphatic carbocycles. The Morgan fingerprint density at radius 2 is 2.05 bits per heavy atom. The monoisotopic (exact) mass is 351 g/mol. The molecule has 19 heavy (non-hydrogen) atoms. The van der Waals surface area contributed by atoms with Crippen molar-refractivity contribution in [1.29, 1.82) is 0 Å². The van der Waals surface area contributed by atoms with Crippen molar-refractivity contribution in [3.8, 4) is 0 Å². The zero-order chi connectivity index (χ0) is 13.1. The standard InChI is InChI=1S/C13H15BrFNO2.ClH/c14-11-1-2-12(15)10(7-11)8-16-5-3-9(4-6-16)13(17)18;/h1-2,7,9H,3-6,8H2,(H,17,18);1H. The number of rotatable bonds is 3. The van der Waals surface area contributed by atoms with E-state index in [4.69, 9.17) is 5.11 Å². The first kappa shape index (κ1) is 16.4. The topological polar surface area (TPSA) is 40.5 Å². The molecule has 0 unspecified atom stereocenters. The number of piperidine rings is 1. The summed E-state index contributed by atoms with van der Waals surface area (Å²) in [5.41, 5.74) is 0.651. The van der Waals surface area contributed by atoms with E-state index in [0.717, 1.165) is 4.47 Å². The smallest absolute Gasteiger partial charge is 0.306 e. The first-order valence-corrected chi connectivity index (χ1v) is 6.74. The van der Waals surface area contributed by atoms with Crippen LogP contribution < -0.4 is 0 Å². The summed E-state index contributed by atoms with van der Waals surface area (Å²) in [4.78, 5) is 12.9. The Labute approximate surface area is 126 Å². The number of carboxylic acid groups (broad SMARTS) is 1. The molecule has 1 saturated heterocycles. The van der Waals surface area contributed by atoms with Gasteiger partial charge in [-0.15, -0.1) is 12.4 Å². The van der Waals surface area contributed by atoms with Crippen LogP contribution in [0.1, 0.15) is 18.4 Å². The third-order valence-corrected chi connectivity index (χ3v) is 3.83. The van der Waals surface area contributed by atoms with E-state index in [2.05, 4.69) is 20.8 Å². The molecule has 1 aromatic rings. The van der Waals surface area contributed by atoms with Crippen molar-refractivity contribution >= 4 is 34.3 Å². The minimum atomic E-state index is -0.719. The second-order valence-corrected chi connectivity index (χ2v) is 5.54. The fourth-order valence-corrected chi connectivity index (χ4v) is 2.65. The van der Waals surface area contributed by atoms with Crippen LogP contribution in [0.15, 0.2) is 22.7 Å². The highest BCUT2D eigenvalue weighted by Crippen LogP contribution is 2.22. The number of hydrogen-bond acceptors (Lipinski definition) is 2. The van der Waals surface area contributed by atoms with Crippen LogP contribution in [0, 0.1) is 11.7 Å². The van der Waals surface area contributed by atoms with Crippen LogP contribution in [0.25, 0.3) is 0 Å². The Bertz CT molecular complexity index is 450. The van der Waals surface area contributed by atoms with Gasteiger partial charge in [0.1, 0.15) is 5.82 Å². The summed E-state index contributed by atoms with van der Waals surface area (Å²) in [6.07, 6.45) is 1.29. The molecule has 0 amide bonds. The Kier molecular flexibility index (Phi) is 6.23. The van der Waals surface area contributed by atoms with E-state index < -0.39 is 5.97 Å². The lowest BCUT2D eigenvalue weighted by Crippen LogP contribution is -2.36. The van der Waals surface area contributed by atoms with Gasteiger partial charge in [-0.2, -0.15) is 0 Å². The number of likely N-dealkylation sites (tertiary alicyclic amines) is 1. The number of carbonyl (C=O) groups is 1. The Hall–Kier alpha value is -0.650. The second-order valence-electron chi connectivity index (χ2n) is 4.62. The first-order valence-electron chi connectivity index (χ1n) is 5.95. The summed E-state index contributed by atoms with van der Waals surface area (Å²) in [5.74, 6) is -1.17. The zero-order valence-electron chi connectivity index (χ0n) is 10.3. The molecule has 1 aliphatic rings. The first-order chi connectivity index (χ1) is 8.56. The number of hydrogen-bond donors (Lipinski definition) is 1. The van der Waals surface area contributed by atoms with Crippen LogP contribution in [-0.4, -0.2) is 29.1 Å². The molecule has 0 aromatic heterocycles. The van der Waals surface area contributed by atoms with E-state index in [1.807, 2.05) is 0 Å². The summed E-state index contributed by atoms with van der Waals surface area (Å²) in [6.45, 7) is 1.96. The third kappa shape index (κ3) is 4.44. The summed E-state index contributed by atoms with van der Waals surface area (Å²) < 4.78 is 14.4. The normalized spacial score (nSPS) is 16.9. The van der Waals surface area contributed by atoms with Crippen molar-refractivity contribution in [2.45, 2.75) is 19.4 Å². The molecule has 3 nitrogen and oxygen atoms in total. The largest absolute Gasteiger partial charge is 0.481 e. The molecule has 106 valence electrons. The van der Waals surface area contributed by atoms with Gasteiger partial charge in [0.05, 0.1) is 5.92 Å². The number of benzene rings is 1. The van der Waals surface area contributed by atoms with Crippen LogP contribution in [0.3, 0.4) is 0 Å². The predicted octanol–water partition coefficient (Wildman–Crippen LogP) is 3.31. The number of aliphatic carboxylic acids is 1. The zero-order valence-corrected chi connectivity index (χ0v) is 12.7. The predicted molar refractivity (Wildman–Crippen MR) is 77.0 cm³/mol. The van der Waals surface area contributed by atoms with Crippen molar-refractivity contribution in [2.24, 2.45) is 5.92 Å². The maximum Gasteiger partial charge on any atom is 0.306 e. The van der Waals surface area contributed by atoms with Crippen LogP contribution in [-0.2, 0) is 11.3 Å². The van der Waals surface area contributed by atoms with Gasteiger partial charge >= 0.3 is 5.97 Å². The van der Waals surface area contributed by atoms with E-state index in [0.29, 0.717) is 38.0 Å². The SMILES string of the molecule is Cl.O=C(O)C1CCN(Cc2cc(Br)ccc2F)CC1. The highest BCUT2D eigenvalue weighted by Gasteiger charge is 2.24. The van der Waals surface area contributed by atoms with Gasteiger partial charge in [0.25, 0.3) is 0 Å². The highest BCUT2D eigenvalue weighted by atomic mass is 79.9. The molecule has 0 radical (unpaired) electrons. The summed E-state index contributed by atoms with van der Waals surface area (Å²) in [5, 5.41) is 8.91. The number of carboxylic acids is 1. The average molecular weight is 353 g/mol. The molecule has 2 rings (SSSR count). The average Bonchev–Trinajstić information content (AvgIpc) is 2.34. The van der Waals surface area contributed by atoms with Crippen molar-refractivity contribution < 1.29 is 14.3 Å². The fourth-order valence-electron chi connectivity index (χ4n) is 2.24. The number of halogens is 3. The van der Waals surface area contributed by atoms with E-state index in [-0.39, 0.29) is 24.1 Å². The third-order valence-electron chi connectivity index (χ3n) is 3.34. The fraction of sp³-hybridized carbons (Fsp3) is 0.462. The lowest BCUT2D eigenvalue weighted by atomic mass is 9.97. The minimum Gasteiger partial charge on any atom is -0.481 e. The molecule has 6 heteroatoms. The molecule has 0 spiro atoms. The summed E-state index contributed by atoms with van der Waals surface area (Å²) >= 11 is 3.33. The van der Waals surface area contributed by atoms with Crippen LogP contribution in [0.5, 0.6) is 0 Å². The Balaban J connectivity index is 0.00000180. The minimum absolute atomic E-state index is 0. The van der Waals surface area contributed by atoms with Gasteiger partial charge in [-0.3, -0.25) is 9.69 Å². The van der Waals surface area contributed by atoms with E-state index in [1.165, 1.54) is 6.07 Å². The maximum absolute atomic E-state index is 13.6. The van der Waals surface area contributed by atoms with Gasteiger partial charge < -0.3 is 5.11 Å². The molecule has 1 aliphatic heterocycles. The Morgan fingerprint density at radius 3 is 2.63 bits per heavy atom. The molecule has 0 bridgehead atoms. The van der Waals surface area contributed by atoms with Gasteiger partial charge in [0.15, 0.2) is 0 Å². The molecule has 1 heterocycles. The quantitative estimate of drug-likeness (QED) is 0.907. The second kappa shape index (κ2) is 7.22. The maximum atomic E-state index is 13.6. The van der Waals surface area contributed by atoms with Crippen molar-refractivity contribution in [1.82, 2.24) is 4.90 Å². The summed E-state index contributed by atoms with van der Waals surface area (Å²) in [6, 6.07) is 4.90. The van der Waals surface area contributed by atoms with E-state index in [9.17, 15) is 9.18 Å². The van der Waals surface area contributed by atoms with Crippen molar-refractivity contribution in [2.75, 3.05) is 13.1 Å². The van der Waals surface area contributed by atoms with Crippen LogP contribution in [0.2, 0.25) is 0 Å². The van der Waals surface area contributed by atoms with Crippen molar-refractivity contribution in [3.05, 3.63) is 34.1 Å². The molecular weight excluding hydrogens is 337 g/mol. The highest BCUT2D eigenvalue weighted by molar-refractivity contribution is 9.10. The van der Waals surface area contributed by atoms with Gasteiger partial charge in [-0.05, 0) is 44.1 Å². The van der Waals surface area contributed by atoms with Gasteiger partial charge in [-0.25, -0.2) is 4.39 Å². The van der Waals surface area contributed by atoms with Gasteiger partial charge in [0, 0.05) is 16.6 Å². The number of nitrogens with zero attached hydrogens (tertiary/aromatic N) is 1. The van der Waals surface area contributed by atoms with Crippen LogP contribution >= 0.6 is 28.3 Å². The van der Waals surface area contributed by atoms with Crippen LogP contribution in [0.4, 0.5) is 4.39 Å². The lowest BCUT2D eigenvalue weighted by molar-refractivity contribution is -0.143. The molecule has 1 aromatic carbocycles. The van der Waals surface area contributed by atoms with E-state index >= 15 is 0 Å².